The van der Waals surface area contributed by atoms with Crippen molar-refractivity contribution in [2.75, 3.05) is 13.6 Å². The van der Waals surface area contributed by atoms with Crippen LogP contribution in [0.1, 0.15) is 29.9 Å². The number of aromatic nitrogens is 2. The number of hydrogen-bond donors (Lipinski definition) is 0. The molecular weight excluding hydrogens is 250 g/mol. The number of hydrogen-bond acceptors (Lipinski definition) is 3. The quantitative estimate of drug-likeness (QED) is 0.857. The molecule has 0 bridgehead atoms. The number of rotatable bonds is 4. The van der Waals surface area contributed by atoms with E-state index in [9.17, 15) is 4.79 Å². The van der Waals surface area contributed by atoms with E-state index in [-0.39, 0.29) is 11.3 Å². The first-order valence-electron chi connectivity index (χ1n) is 6.58. The van der Waals surface area contributed by atoms with E-state index in [1.165, 1.54) is 18.0 Å². The van der Waals surface area contributed by atoms with E-state index >= 15 is 0 Å². The van der Waals surface area contributed by atoms with Gasteiger partial charge in [-0.15, -0.1) is 0 Å². The summed E-state index contributed by atoms with van der Waals surface area (Å²) in [6.45, 7) is 4.87. The fourth-order valence-electron chi connectivity index (χ4n) is 2.25. The van der Waals surface area contributed by atoms with Gasteiger partial charge in [-0.2, -0.15) is 0 Å². The SMILES string of the molecule is CN(CC(C)(C)c1ccccc1)C(=O)c1cnccn1. The molecule has 0 saturated carbocycles. The molecule has 0 spiro atoms. The van der Waals surface area contributed by atoms with Gasteiger partial charge < -0.3 is 4.90 Å². The molecule has 1 aromatic carbocycles. The molecule has 0 saturated heterocycles. The Balaban J connectivity index is 2.11. The van der Waals surface area contributed by atoms with Gasteiger partial charge in [0, 0.05) is 31.4 Å². The van der Waals surface area contributed by atoms with Gasteiger partial charge >= 0.3 is 0 Å². The Kier molecular flexibility index (Phi) is 4.13. The van der Waals surface area contributed by atoms with Gasteiger partial charge in [0.15, 0.2) is 0 Å². The third-order valence-electron chi connectivity index (χ3n) is 3.32. The molecule has 0 unspecified atom stereocenters. The van der Waals surface area contributed by atoms with Crippen molar-refractivity contribution in [1.29, 1.82) is 0 Å². The summed E-state index contributed by atoms with van der Waals surface area (Å²) in [5, 5.41) is 0. The minimum Gasteiger partial charge on any atom is -0.339 e. The lowest BCUT2D eigenvalue weighted by molar-refractivity contribution is 0.0761. The van der Waals surface area contributed by atoms with Crippen molar-refractivity contribution in [2.45, 2.75) is 19.3 Å². The molecule has 2 rings (SSSR count). The Morgan fingerprint density at radius 3 is 2.50 bits per heavy atom. The van der Waals surface area contributed by atoms with E-state index in [0.717, 1.165) is 0 Å². The second-order valence-corrected chi connectivity index (χ2v) is 5.50. The number of nitrogens with zero attached hydrogens (tertiary/aromatic N) is 3. The van der Waals surface area contributed by atoms with Crippen LogP contribution in [0.5, 0.6) is 0 Å². The number of carbonyl (C=O) groups is 1. The Morgan fingerprint density at radius 2 is 1.90 bits per heavy atom. The van der Waals surface area contributed by atoms with Crippen molar-refractivity contribution in [2.24, 2.45) is 0 Å². The van der Waals surface area contributed by atoms with Gasteiger partial charge in [0.05, 0.1) is 6.20 Å². The van der Waals surface area contributed by atoms with Crippen LogP contribution in [0.15, 0.2) is 48.9 Å². The molecule has 1 amide bonds. The van der Waals surface area contributed by atoms with Crippen LogP contribution in [0.4, 0.5) is 0 Å². The highest BCUT2D eigenvalue weighted by Gasteiger charge is 2.25. The highest BCUT2D eigenvalue weighted by molar-refractivity contribution is 5.91. The molecule has 0 aliphatic carbocycles. The molecule has 20 heavy (non-hydrogen) atoms. The molecule has 0 fully saturated rings. The molecule has 0 N–H and O–H groups in total. The summed E-state index contributed by atoms with van der Waals surface area (Å²) < 4.78 is 0. The van der Waals surface area contributed by atoms with E-state index in [0.29, 0.717) is 12.2 Å². The Labute approximate surface area is 119 Å². The first kappa shape index (κ1) is 14.2. The largest absolute Gasteiger partial charge is 0.339 e. The van der Waals surface area contributed by atoms with Gasteiger partial charge in [0.2, 0.25) is 0 Å². The molecule has 104 valence electrons. The van der Waals surface area contributed by atoms with Crippen LogP contribution in [-0.2, 0) is 5.41 Å². The third kappa shape index (κ3) is 3.20. The smallest absolute Gasteiger partial charge is 0.273 e. The highest BCUT2D eigenvalue weighted by atomic mass is 16.2. The van der Waals surface area contributed by atoms with Gasteiger partial charge in [-0.25, -0.2) is 4.98 Å². The molecule has 0 radical (unpaired) electrons. The first-order valence-corrected chi connectivity index (χ1v) is 6.58. The van der Waals surface area contributed by atoms with Gasteiger partial charge in [-0.05, 0) is 5.56 Å². The zero-order chi connectivity index (χ0) is 14.6. The first-order chi connectivity index (χ1) is 9.50. The van der Waals surface area contributed by atoms with E-state index in [2.05, 4.69) is 35.9 Å². The lowest BCUT2D eigenvalue weighted by Crippen LogP contribution is -2.38. The lowest BCUT2D eigenvalue weighted by atomic mass is 9.84. The Morgan fingerprint density at radius 1 is 1.20 bits per heavy atom. The number of benzene rings is 1. The fourth-order valence-corrected chi connectivity index (χ4v) is 2.25. The maximum atomic E-state index is 12.3. The Hall–Kier alpha value is -2.23. The van der Waals surface area contributed by atoms with Gasteiger partial charge in [0.25, 0.3) is 5.91 Å². The molecule has 0 aliphatic rings. The van der Waals surface area contributed by atoms with Crippen molar-refractivity contribution in [3.8, 4) is 0 Å². The maximum absolute atomic E-state index is 12.3. The van der Waals surface area contributed by atoms with Crippen LogP contribution in [0.2, 0.25) is 0 Å². The Bertz CT molecular complexity index is 567. The predicted octanol–water partition coefficient (Wildman–Crippen LogP) is 2.53. The lowest BCUT2D eigenvalue weighted by Gasteiger charge is -2.30. The summed E-state index contributed by atoms with van der Waals surface area (Å²) in [5.74, 6) is -0.109. The molecule has 0 atom stereocenters. The highest BCUT2D eigenvalue weighted by Crippen LogP contribution is 2.24. The van der Waals surface area contributed by atoms with Crippen molar-refractivity contribution in [1.82, 2.24) is 14.9 Å². The summed E-state index contributed by atoms with van der Waals surface area (Å²) in [6.07, 6.45) is 4.59. The second kappa shape index (κ2) is 5.82. The molecular formula is C16H19N3O. The van der Waals surface area contributed by atoms with Crippen LogP contribution in [0, 0.1) is 0 Å². The average Bonchev–Trinajstić information content (AvgIpc) is 2.48. The van der Waals surface area contributed by atoms with Crippen LogP contribution in [0.3, 0.4) is 0 Å². The number of amides is 1. The minimum atomic E-state index is -0.117. The standard InChI is InChI=1S/C16H19N3O/c1-16(2,13-7-5-4-6-8-13)12-19(3)15(20)14-11-17-9-10-18-14/h4-11H,12H2,1-3H3. The molecule has 1 aromatic heterocycles. The predicted molar refractivity (Wildman–Crippen MR) is 78.5 cm³/mol. The van der Waals surface area contributed by atoms with Crippen LogP contribution < -0.4 is 0 Å². The van der Waals surface area contributed by atoms with E-state index in [4.69, 9.17) is 0 Å². The summed E-state index contributed by atoms with van der Waals surface area (Å²) in [4.78, 5) is 22.0. The average molecular weight is 269 g/mol. The van der Waals surface area contributed by atoms with Gasteiger partial charge in [-0.3, -0.25) is 9.78 Å². The molecule has 2 aromatic rings. The van der Waals surface area contributed by atoms with Crippen molar-refractivity contribution in [3.05, 3.63) is 60.2 Å². The molecule has 4 heteroatoms. The number of carbonyl (C=O) groups excluding carboxylic acids is 1. The summed E-state index contributed by atoms with van der Waals surface area (Å²) in [7, 11) is 1.79. The monoisotopic (exact) mass is 269 g/mol. The van der Waals surface area contributed by atoms with Crippen LogP contribution in [-0.4, -0.2) is 34.4 Å². The normalized spacial score (nSPS) is 11.2. The fraction of sp³-hybridized carbons (Fsp3) is 0.312. The third-order valence-corrected chi connectivity index (χ3v) is 3.32. The van der Waals surface area contributed by atoms with Crippen molar-refractivity contribution in [3.63, 3.8) is 0 Å². The maximum Gasteiger partial charge on any atom is 0.273 e. The van der Waals surface area contributed by atoms with E-state index < -0.39 is 0 Å². The molecule has 1 heterocycles. The van der Waals surface area contributed by atoms with Gasteiger partial charge in [-0.1, -0.05) is 44.2 Å². The van der Waals surface area contributed by atoms with Crippen molar-refractivity contribution >= 4 is 5.91 Å². The van der Waals surface area contributed by atoms with Crippen LogP contribution in [0.25, 0.3) is 0 Å². The summed E-state index contributed by atoms with van der Waals surface area (Å²) in [5.41, 5.74) is 1.46. The molecule has 4 nitrogen and oxygen atoms in total. The van der Waals surface area contributed by atoms with E-state index in [1.807, 2.05) is 18.2 Å². The summed E-state index contributed by atoms with van der Waals surface area (Å²) >= 11 is 0. The second-order valence-electron chi connectivity index (χ2n) is 5.50. The van der Waals surface area contributed by atoms with E-state index in [1.54, 1.807) is 18.1 Å². The molecule has 0 aliphatic heterocycles. The minimum absolute atomic E-state index is 0.109. The van der Waals surface area contributed by atoms with Gasteiger partial charge in [0.1, 0.15) is 5.69 Å². The zero-order valence-electron chi connectivity index (χ0n) is 12.1. The van der Waals surface area contributed by atoms with Crippen molar-refractivity contribution < 1.29 is 4.79 Å². The topological polar surface area (TPSA) is 46.1 Å². The summed E-state index contributed by atoms with van der Waals surface area (Å²) in [6, 6.07) is 10.2. The zero-order valence-corrected chi connectivity index (χ0v) is 12.1. The number of likely N-dealkylation sites (N-methyl/N-ethyl adjacent to an activating group) is 1. The van der Waals surface area contributed by atoms with Crippen LogP contribution >= 0.6 is 0 Å².